The first-order valence-corrected chi connectivity index (χ1v) is 9.87. The van der Waals surface area contributed by atoms with Gasteiger partial charge in [-0.15, -0.1) is 0 Å². The molecule has 6 heteroatoms. The molecule has 0 saturated carbocycles. The quantitative estimate of drug-likeness (QED) is 0.641. The lowest BCUT2D eigenvalue weighted by molar-refractivity contribution is -0.128. The second-order valence-electron chi connectivity index (χ2n) is 7.59. The van der Waals surface area contributed by atoms with Crippen molar-refractivity contribution in [3.05, 3.63) is 0 Å². The molecule has 1 amide bonds. The van der Waals surface area contributed by atoms with Gasteiger partial charge >= 0.3 is 6.09 Å². The van der Waals surface area contributed by atoms with Crippen molar-refractivity contribution in [3.63, 3.8) is 0 Å². The molecule has 0 aromatic carbocycles. The fraction of sp³-hybridized carbons (Fsp3) is 0.833. The number of carbonyl (C=O) groups is 3. The molecule has 0 aromatic rings. The number of nitrogens with one attached hydrogen (secondary N) is 1. The fourth-order valence-electron chi connectivity index (χ4n) is 2.29. The smallest absolute Gasteiger partial charge is 0.408 e. The van der Waals surface area contributed by atoms with Crippen LogP contribution in [-0.2, 0) is 14.3 Å². The fourth-order valence-corrected chi connectivity index (χ4v) is 2.81. The van der Waals surface area contributed by atoms with Gasteiger partial charge in [-0.1, -0.05) is 13.8 Å². The minimum Gasteiger partial charge on any atom is -0.444 e. The maximum Gasteiger partial charge on any atom is 0.408 e. The molecule has 0 spiro atoms. The van der Waals surface area contributed by atoms with Crippen LogP contribution >= 0.6 is 11.8 Å². The molecule has 0 unspecified atom stereocenters. The summed E-state index contributed by atoms with van der Waals surface area (Å²) in [5.74, 6) is 0.732. The van der Waals surface area contributed by atoms with Crippen molar-refractivity contribution in [2.45, 2.75) is 72.4 Å². The zero-order valence-corrected chi connectivity index (χ0v) is 16.9. The largest absolute Gasteiger partial charge is 0.444 e. The summed E-state index contributed by atoms with van der Waals surface area (Å²) in [6, 6.07) is -0.615. The molecule has 0 saturated heterocycles. The van der Waals surface area contributed by atoms with Crippen LogP contribution in [0.2, 0.25) is 0 Å². The standard InChI is InChI=1S/C18H33NO4S/c1-12(2)10-15(19-17(22)23-18(4,5)6)16(21)11-14(13(3)20)8-9-24-7/h12,14-15H,8-11H2,1-7H3,(H,19,22)/t14-,15+/m1/s1. The lowest BCUT2D eigenvalue weighted by atomic mass is 9.90. The molecule has 140 valence electrons. The van der Waals surface area contributed by atoms with Crippen molar-refractivity contribution in [2.24, 2.45) is 11.8 Å². The molecule has 0 heterocycles. The van der Waals surface area contributed by atoms with Crippen LogP contribution in [0.5, 0.6) is 0 Å². The Labute approximate surface area is 150 Å². The zero-order valence-electron chi connectivity index (χ0n) is 16.1. The maximum atomic E-state index is 12.6. The summed E-state index contributed by atoms with van der Waals surface area (Å²) < 4.78 is 5.24. The van der Waals surface area contributed by atoms with Gasteiger partial charge in [-0.3, -0.25) is 9.59 Å². The topological polar surface area (TPSA) is 72.5 Å². The van der Waals surface area contributed by atoms with E-state index in [4.69, 9.17) is 4.74 Å². The van der Waals surface area contributed by atoms with Crippen molar-refractivity contribution in [2.75, 3.05) is 12.0 Å². The third kappa shape index (κ3) is 10.7. The van der Waals surface area contributed by atoms with Gasteiger partial charge in [-0.2, -0.15) is 11.8 Å². The van der Waals surface area contributed by atoms with E-state index in [9.17, 15) is 14.4 Å². The van der Waals surface area contributed by atoms with Crippen LogP contribution in [0.1, 0.15) is 60.8 Å². The van der Waals surface area contributed by atoms with Crippen LogP contribution in [0.25, 0.3) is 0 Å². The molecular formula is C18H33NO4S. The molecule has 5 nitrogen and oxygen atoms in total. The minimum atomic E-state index is -0.615. The van der Waals surface area contributed by atoms with E-state index in [1.165, 1.54) is 6.92 Å². The van der Waals surface area contributed by atoms with E-state index in [1.54, 1.807) is 32.5 Å². The van der Waals surface area contributed by atoms with Gasteiger partial charge in [0.15, 0.2) is 5.78 Å². The molecular weight excluding hydrogens is 326 g/mol. The van der Waals surface area contributed by atoms with Gasteiger partial charge in [0, 0.05) is 12.3 Å². The van der Waals surface area contributed by atoms with Gasteiger partial charge < -0.3 is 10.1 Å². The number of hydrogen-bond acceptors (Lipinski definition) is 5. The normalized spacial score (nSPS) is 14.2. The summed E-state index contributed by atoms with van der Waals surface area (Å²) >= 11 is 1.66. The Morgan fingerprint density at radius 1 is 1.17 bits per heavy atom. The van der Waals surface area contributed by atoms with E-state index in [1.807, 2.05) is 20.1 Å². The van der Waals surface area contributed by atoms with Crippen LogP contribution in [-0.4, -0.2) is 41.3 Å². The monoisotopic (exact) mass is 359 g/mol. The molecule has 2 atom stereocenters. The molecule has 24 heavy (non-hydrogen) atoms. The predicted octanol–water partition coefficient (Wildman–Crippen LogP) is 3.84. The van der Waals surface area contributed by atoms with Crippen molar-refractivity contribution < 1.29 is 19.1 Å². The van der Waals surface area contributed by atoms with E-state index >= 15 is 0 Å². The Kier molecular flexibility index (Phi) is 10.3. The summed E-state index contributed by atoms with van der Waals surface area (Å²) in [4.78, 5) is 36.4. The molecule has 0 aliphatic carbocycles. The second-order valence-corrected chi connectivity index (χ2v) is 8.57. The number of amides is 1. The Hall–Kier alpha value is -1.04. The Morgan fingerprint density at radius 3 is 2.17 bits per heavy atom. The van der Waals surface area contributed by atoms with Crippen molar-refractivity contribution in [1.29, 1.82) is 0 Å². The van der Waals surface area contributed by atoms with Gasteiger partial charge in [0.05, 0.1) is 6.04 Å². The van der Waals surface area contributed by atoms with Gasteiger partial charge in [-0.25, -0.2) is 4.79 Å². The van der Waals surface area contributed by atoms with Crippen LogP contribution in [0.4, 0.5) is 4.79 Å². The third-order valence-electron chi connectivity index (χ3n) is 3.48. The molecule has 0 fully saturated rings. The Balaban J connectivity index is 4.92. The third-order valence-corrected chi connectivity index (χ3v) is 4.12. The van der Waals surface area contributed by atoms with Crippen LogP contribution in [0.3, 0.4) is 0 Å². The number of rotatable bonds is 10. The molecule has 0 aromatic heterocycles. The van der Waals surface area contributed by atoms with Gasteiger partial charge in [0.1, 0.15) is 11.4 Å². The van der Waals surface area contributed by atoms with Gasteiger partial charge in [0.2, 0.25) is 0 Å². The summed E-state index contributed by atoms with van der Waals surface area (Å²) in [5.41, 5.74) is -0.615. The van der Waals surface area contributed by atoms with Crippen LogP contribution in [0.15, 0.2) is 0 Å². The van der Waals surface area contributed by atoms with E-state index in [0.717, 1.165) is 5.75 Å². The molecule has 0 rings (SSSR count). The highest BCUT2D eigenvalue weighted by molar-refractivity contribution is 7.98. The maximum absolute atomic E-state index is 12.6. The number of carbonyl (C=O) groups excluding carboxylic acids is 3. The SMILES string of the molecule is CSCC[C@H](CC(=O)[C@H](CC(C)C)NC(=O)OC(C)(C)C)C(C)=O. The first kappa shape index (κ1) is 23.0. The zero-order chi connectivity index (χ0) is 18.9. The lowest BCUT2D eigenvalue weighted by Crippen LogP contribution is -2.44. The Bertz CT molecular complexity index is 429. The second kappa shape index (κ2) is 10.7. The van der Waals surface area contributed by atoms with E-state index < -0.39 is 17.7 Å². The molecule has 0 aliphatic rings. The van der Waals surface area contributed by atoms with Crippen LogP contribution < -0.4 is 5.32 Å². The van der Waals surface area contributed by atoms with Crippen molar-refractivity contribution in [1.82, 2.24) is 5.32 Å². The summed E-state index contributed by atoms with van der Waals surface area (Å²) in [6.45, 7) is 10.8. The van der Waals surface area contributed by atoms with Gasteiger partial charge in [-0.05, 0) is 58.5 Å². The number of ketones is 2. The molecule has 0 radical (unpaired) electrons. The summed E-state index contributed by atoms with van der Waals surface area (Å²) in [7, 11) is 0. The Morgan fingerprint density at radius 2 is 1.75 bits per heavy atom. The minimum absolute atomic E-state index is 0.0259. The summed E-state index contributed by atoms with van der Waals surface area (Å²) in [5, 5.41) is 2.68. The van der Waals surface area contributed by atoms with Gasteiger partial charge in [0.25, 0.3) is 0 Å². The highest BCUT2D eigenvalue weighted by Crippen LogP contribution is 2.18. The lowest BCUT2D eigenvalue weighted by Gasteiger charge is -2.25. The number of Topliss-reactive ketones (excluding diaryl/α,β-unsaturated/α-hetero) is 2. The van der Waals surface area contributed by atoms with Crippen molar-refractivity contribution >= 4 is 29.4 Å². The predicted molar refractivity (Wildman–Crippen MR) is 99.4 cm³/mol. The molecule has 0 aliphatic heterocycles. The average Bonchev–Trinajstić information content (AvgIpc) is 2.39. The van der Waals surface area contributed by atoms with E-state index in [0.29, 0.717) is 12.8 Å². The highest BCUT2D eigenvalue weighted by Gasteiger charge is 2.28. The summed E-state index contributed by atoms with van der Waals surface area (Å²) in [6.07, 6.45) is 2.77. The number of alkyl carbamates (subject to hydrolysis) is 1. The molecule has 1 N–H and O–H groups in total. The first-order chi connectivity index (χ1) is 11.0. The van der Waals surface area contributed by atoms with E-state index in [-0.39, 0.29) is 29.8 Å². The number of hydrogen-bond donors (Lipinski definition) is 1. The molecule has 0 bridgehead atoms. The van der Waals surface area contributed by atoms with Crippen LogP contribution in [0, 0.1) is 11.8 Å². The average molecular weight is 360 g/mol. The van der Waals surface area contributed by atoms with E-state index in [2.05, 4.69) is 5.32 Å². The number of ether oxygens (including phenoxy) is 1. The highest BCUT2D eigenvalue weighted by atomic mass is 32.2. The first-order valence-electron chi connectivity index (χ1n) is 8.47. The number of thioether (sulfide) groups is 1. The van der Waals surface area contributed by atoms with Crippen molar-refractivity contribution in [3.8, 4) is 0 Å².